The highest BCUT2D eigenvalue weighted by Gasteiger charge is 2.36. The molecule has 0 saturated carbocycles. The molecule has 5 aromatic rings. The molecule has 0 saturated heterocycles. The number of rotatable bonds is 12. The minimum absolute atomic E-state index is 0.0170. The van der Waals surface area contributed by atoms with Gasteiger partial charge in [0, 0.05) is 29.7 Å². The Morgan fingerprint density at radius 3 is 2.20 bits per heavy atom. The van der Waals surface area contributed by atoms with E-state index in [1.807, 2.05) is 6.92 Å². The van der Waals surface area contributed by atoms with Gasteiger partial charge in [-0.05, 0) is 60.5 Å². The summed E-state index contributed by atoms with van der Waals surface area (Å²) >= 11 is 0. The standard InChI is InChI=1S/C36H30F7N5O5S/c1-3-5-10-30-45-48(29-18-22(44-31(49)4-2)13-14-24(29)36(41,42)43)35(51)47(30)19-21-12-11-20(17-28(21)40)32-26(38)15-16-27(39)33(32)54(52,53)46-34(50)23-8-6-7-9-25(23)37/h6-9,11-18H,3-5,10,19H2,1-2H3,(H,44,49)(H,46,50). The van der Waals surface area contributed by atoms with Crippen LogP contribution in [0.1, 0.15) is 60.4 Å². The predicted molar refractivity (Wildman–Crippen MR) is 182 cm³/mol. The van der Waals surface area contributed by atoms with Crippen molar-refractivity contribution in [2.75, 3.05) is 5.32 Å². The molecule has 1 heterocycles. The molecule has 4 aromatic carbocycles. The number of amides is 2. The smallest absolute Gasteiger partial charge is 0.326 e. The van der Waals surface area contributed by atoms with E-state index in [9.17, 15) is 40.4 Å². The molecule has 0 fully saturated rings. The van der Waals surface area contributed by atoms with E-state index < -0.39 is 96.4 Å². The number of nitrogens with one attached hydrogen (secondary N) is 2. The summed E-state index contributed by atoms with van der Waals surface area (Å²) < 4.78 is 132. The second-order valence-electron chi connectivity index (χ2n) is 11.9. The Kier molecular flexibility index (Phi) is 11.4. The van der Waals surface area contributed by atoms with Gasteiger partial charge in [0.1, 0.15) is 34.0 Å². The fourth-order valence-electron chi connectivity index (χ4n) is 5.49. The van der Waals surface area contributed by atoms with E-state index in [4.69, 9.17) is 0 Å². The molecule has 0 aliphatic rings. The van der Waals surface area contributed by atoms with Crippen LogP contribution in [0, 0.1) is 23.3 Å². The fourth-order valence-corrected chi connectivity index (χ4v) is 6.75. The summed E-state index contributed by atoms with van der Waals surface area (Å²) in [7, 11) is -5.26. The number of hydrogen-bond donors (Lipinski definition) is 2. The third kappa shape index (κ3) is 8.22. The molecule has 2 N–H and O–H groups in total. The predicted octanol–water partition coefficient (Wildman–Crippen LogP) is 7.13. The van der Waals surface area contributed by atoms with Gasteiger partial charge < -0.3 is 5.32 Å². The van der Waals surface area contributed by atoms with Crippen LogP contribution in [0.5, 0.6) is 0 Å². The Hall–Kier alpha value is -5.78. The van der Waals surface area contributed by atoms with Crippen LogP contribution in [0.4, 0.5) is 36.4 Å². The van der Waals surface area contributed by atoms with E-state index in [1.54, 1.807) is 0 Å². The number of halogens is 7. The van der Waals surface area contributed by atoms with E-state index in [-0.39, 0.29) is 29.9 Å². The van der Waals surface area contributed by atoms with Gasteiger partial charge >= 0.3 is 11.9 Å². The molecule has 10 nitrogen and oxygen atoms in total. The van der Waals surface area contributed by atoms with E-state index >= 15 is 13.2 Å². The lowest BCUT2D eigenvalue weighted by atomic mass is 10.0. The first-order chi connectivity index (χ1) is 25.5. The molecule has 0 atom stereocenters. The Labute approximate surface area is 303 Å². The summed E-state index contributed by atoms with van der Waals surface area (Å²) in [5.41, 5.74) is -5.55. The molecule has 0 unspecified atom stereocenters. The van der Waals surface area contributed by atoms with Crippen molar-refractivity contribution in [1.29, 1.82) is 0 Å². The van der Waals surface area contributed by atoms with Crippen molar-refractivity contribution in [3.63, 3.8) is 0 Å². The van der Waals surface area contributed by atoms with Crippen molar-refractivity contribution >= 4 is 27.5 Å². The lowest BCUT2D eigenvalue weighted by Crippen LogP contribution is -2.32. The first-order valence-electron chi connectivity index (χ1n) is 16.3. The van der Waals surface area contributed by atoms with Gasteiger partial charge in [0.05, 0.1) is 23.4 Å². The molecule has 0 spiro atoms. The quantitative estimate of drug-likeness (QED) is 0.130. The number of aryl methyl sites for hydroxylation is 1. The van der Waals surface area contributed by atoms with Crippen molar-refractivity contribution in [2.45, 2.75) is 57.1 Å². The van der Waals surface area contributed by atoms with Crippen molar-refractivity contribution < 1.29 is 48.7 Å². The molecule has 2 amide bonds. The number of alkyl halides is 3. The number of carbonyl (C=O) groups excluding carboxylic acids is 2. The monoisotopic (exact) mass is 777 g/mol. The fraction of sp³-hybridized carbons (Fsp3) is 0.222. The number of hydrogen-bond acceptors (Lipinski definition) is 6. The molecule has 0 aliphatic heterocycles. The van der Waals surface area contributed by atoms with Crippen LogP contribution in [0.2, 0.25) is 0 Å². The van der Waals surface area contributed by atoms with E-state index in [1.165, 1.54) is 23.8 Å². The number of aromatic nitrogens is 3. The Morgan fingerprint density at radius 1 is 0.852 bits per heavy atom. The van der Waals surface area contributed by atoms with Gasteiger partial charge in [-0.2, -0.15) is 17.9 Å². The van der Waals surface area contributed by atoms with Crippen molar-refractivity contribution in [3.05, 3.63) is 129 Å². The average Bonchev–Trinajstić information content (AvgIpc) is 3.42. The number of benzene rings is 4. The zero-order valence-electron chi connectivity index (χ0n) is 28.4. The van der Waals surface area contributed by atoms with Gasteiger partial charge in [-0.3, -0.25) is 14.2 Å². The van der Waals surface area contributed by atoms with Crippen LogP contribution in [0.15, 0.2) is 82.5 Å². The van der Waals surface area contributed by atoms with Crippen LogP contribution >= 0.6 is 0 Å². The summed E-state index contributed by atoms with van der Waals surface area (Å²) in [4.78, 5) is 36.9. The Morgan fingerprint density at radius 2 is 1.56 bits per heavy atom. The molecule has 18 heteroatoms. The largest absolute Gasteiger partial charge is 0.418 e. The van der Waals surface area contributed by atoms with Gasteiger partial charge in [0.2, 0.25) is 5.91 Å². The first kappa shape index (κ1) is 39.4. The lowest BCUT2D eigenvalue weighted by molar-refractivity contribution is -0.137. The molecular weight excluding hydrogens is 747 g/mol. The van der Waals surface area contributed by atoms with Crippen LogP contribution in [0.3, 0.4) is 0 Å². The summed E-state index contributed by atoms with van der Waals surface area (Å²) in [6, 6.07) is 10.7. The molecule has 0 aliphatic carbocycles. The maximum absolute atomic E-state index is 15.8. The van der Waals surface area contributed by atoms with Crippen molar-refractivity contribution in [3.8, 4) is 16.8 Å². The maximum atomic E-state index is 15.8. The topological polar surface area (TPSA) is 132 Å². The van der Waals surface area contributed by atoms with Crippen molar-refractivity contribution in [1.82, 2.24) is 19.1 Å². The van der Waals surface area contributed by atoms with Gasteiger partial charge in [-0.1, -0.05) is 44.5 Å². The third-order valence-corrected chi connectivity index (χ3v) is 9.56. The molecule has 54 heavy (non-hydrogen) atoms. The number of nitrogens with zero attached hydrogens (tertiary/aromatic N) is 3. The Balaban J connectivity index is 1.57. The number of carbonyl (C=O) groups is 2. The van der Waals surface area contributed by atoms with Crippen LogP contribution in [-0.2, 0) is 34.0 Å². The van der Waals surface area contributed by atoms with Crippen LogP contribution in [-0.4, -0.2) is 34.6 Å². The third-order valence-electron chi connectivity index (χ3n) is 8.17. The van der Waals surface area contributed by atoms with E-state index in [2.05, 4.69) is 10.4 Å². The van der Waals surface area contributed by atoms with Gasteiger partial charge in [-0.25, -0.2) is 35.5 Å². The van der Waals surface area contributed by atoms with Crippen molar-refractivity contribution in [2.24, 2.45) is 0 Å². The SMILES string of the molecule is CCCCc1nn(-c2cc(NC(=O)CC)ccc2C(F)(F)F)c(=O)n1Cc1ccc(-c2c(F)ccc(F)c2S(=O)(=O)NC(=O)c2ccccc2F)cc1F. The van der Waals surface area contributed by atoms with E-state index in [0.717, 1.165) is 41.0 Å². The second kappa shape index (κ2) is 15.7. The zero-order valence-corrected chi connectivity index (χ0v) is 29.2. The molecular formula is C36H30F7N5O5S. The molecule has 5 rings (SSSR count). The summed E-state index contributed by atoms with van der Waals surface area (Å²) in [6.07, 6.45) is -3.83. The second-order valence-corrected chi connectivity index (χ2v) is 13.5. The van der Waals surface area contributed by atoms with Gasteiger partial charge in [0.15, 0.2) is 0 Å². The number of unbranched alkanes of at least 4 members (excludes halogenated alkanes) is 1. The molecule has 0 bridgehead atoms. The molecule has 284 valence electrons. The van der Waals surface area contributed by atoms with Gasteiger partial charge in [-0.15, -0.1) is 5.10 Å². The minimum atomic E-state index is -5.26. The molecule has 0 radical (unpaired) electrons. The Bertz CT molecular complexity index is 2430. The number of anilines is 1. The summed E-state index contributed by atoms with van der Waals surface area (Å²) in [5, 5.41) is 6.58. The number of sulfonamides is 1. The highest BCUT2D eigenvalue weighted by molar-refractivity contribution is 7.90. The minimum Gasteiger partial charge on any atom is -0.326 e. The maximum Gasteiger partial charge on any atom is 0.418 e. The van der Waals surface area contributed by atoms with E-state index in [0.29, 0.717) is 41.8 Å². The zero-order chi connectivity index (χ0) is 39.5. The highest BCUT2D eigenvalue weighted by atomic mass is 32.2. The summed E-state index contributed by atoms with van der Waals surface area (Å²) in [6.45, 7) is 2.74. The summed E-state index contributed by atoms with van der Waals surface area (Å²) in [5.74, 6) is -7.13. The first-order valence-corrected chi connectivity index (χ1v) is 17.7. The highest BCUT2D eigenvalue weighted by Crippen LogP contribution is 2.36. The normalized spacial score (nSPS) is 11.8. The van der Waals surface area contributed by atoms with Gasteiger partial charge in [0.25, 0.3) is 15.9 Å². The van der Waals surface area contributed by atoms with Crippen LogP contribution < -0.4 is 15.7 Å². The lowest BCUT2D eigenvalue weighted by Gasteiger charge is -2.15. The average molecular weight is 778 g/mol. The molecule has 1 aromatic heterocycles. The van der Waals surface area contributed by atoms with Crippen LogP contribution in [0.25, 0.3) is 16.8 Å².